The molecule has 0 aromatic heterocycles. The van der Waals surface area contributed by atoms with E-state index in [1.54, 1.807) is 4.90 Å². The number of amides is 1. The summed E-state index contributed by atoms with van der Waals surface area (Å²) >= 11 is 0. The van der Waals surface area contributed by atoms with Crippen molar-refractivity contribution in [2.45, 2.75) is 30.9 Å². The van der Waals surface area contributed by atoms with Crippen molar-refractivity contribution in [1.82, 2.24) is 4.90 Å². The van der Waals surface area contributed by atoms with Gasteiger partial charge in [-0.15, -0.1) is 0 Å². The molecule has 2 aromatic rings. The summed E-state index contributed by atoms with van der Waals surface area (Å²) in [6, 6.07) is 19.1. The van der Waals surface area contributed by atoms with E-state index in [2.05, 4.69) is 0 Å². The molecule has 1 fully saturated rings. The van der Waals surface area contributed by atoms with E-state index in [-0.39, 0.29) is 24.1 Å². The van der Waals surface area contributed by atoms with Crippen LogP contribution in [-0.4, -0.2) is 38.1 Å². The number of rotatable bonds is 4. The summed E-state index contributed by atoms with van der Waals surface area (Å²) in [6.45, 7) is 2.74. The molecule has 138 valence electrons. The molecule has 0 bridgehead atoms. The van der Waals surface area contributed by atoms with Crippen LogP contribution < -0.4 is 0 Å². The van der Waals surface area contributed by atoms with Crippen molar-refractivity contribution < 1.29 is 13.2 Å². The lowest BCUT2D eigenvalue weighted by Gasteiger charge is -2.25. The van der Waals surface area contributed by atoms with Crippen LogP contribution in [0, 0.1) is 0 Å². The van der Waals surface area contributed by atoms with E-state index in [0.717, 1.165) is 11.1 Å². The first-order valence-corrected chi connectivity index (χ1v) is 10.8. The van der Waals surface area contributed by atoms with Gasteiger partial charge < -0.3 is 4.90 Å². The van der Waals surface area contributed by atoms with E-state index < -0.39 is 15.1 Å². The third-order valence-electron chi connectivity index (χ3n) is 5.13. The Morgan fingerprint density at radius 2 is 1.65 bits per heavy atom. The Morgan fingerprint density at radius 3 is 2.27 bits per heavy atom. The average Bonchev–Trinajstić information content (AvgIpc) is 2.82. The summed E-state index contributed by atoms with van der Waals surface area (Å²) in [5.41, 5.74) is 1.81. The van der Waals surface area contributed by atoms with Crippen LogP contribution in [0.1, 0.15) is 42.1 Å². The summed E-state index contributed by atoms with van der Waals surface area (Å²) in [4.78, 5) is 14.8. The Hall–Kier alpha value is -2.14. The van der Waals surface area contributed by atoms with Gasteiger partial charge in [0.2, 0.25) is 5.91 Å². The molecule has 3 rings (SSSR count). The maximum atomic E-state index is 13.1. The normalized spacial score (nSPS) is 21.0. The molecule has 1 saturated heterocycles. The Bertz CT molecular complexity index is 834. The van der Waals surface area contributed by atoms with Crippen LogP contribution in [0.15, 0.2) is 60.7 Å². The van der Waals surface area contributed by atoms with Crippen LogP contribution in [0.5, 0.6) is 0 Å². The average molecular weight is 372 g/mol. The van der Waals surface area contributed by atoms with Crippen LogP contribution in [0.2, 0.25) is 0 Å². The van der Waals surface area contributed by atoms with E-state index >= 15 is 0 Å². The second-order valence-corrected chi connectivity index (χ2v) is 9.05. The van der Waals surface area contributed by atoms with Crippen molar-refractivity contribution in [2.75, 3.05) is 18.8 Å². The second kappa shape index (κ2) is 8.04. The molecule has 0 aliphatic carbocycles. The predicted octanol–water partition coefficient (Wildman–Crippen LogP) is 3.57. The first-order valence-electron chi connectivity index (χ1n) is 9.13. The van der Waals surface area contributed by atoms with Crippen LogP contribution >= 0.6 is 0 Å². The van der Waals surface area contributed by atoms with Gasteiger partial charge in [0, 0.05) is 13.1 Å². The topological polar surface area (TPSA) is 54.5 Å². The summed E-state index contributed by atoms with van der Waals surface area (Å²) < 4.78 is 25.5. The van der Waals surface area contributed by atoms with Crippen molar-refractivity contribution in [2.24, 2.45) is 0 Å². The largest absolute Gasteiger partial charge is 0.341 e. The quantitative estimate of drug-likeness (QED) is 0.826. The highest BCUT2D eigenvalue weighted by Crippen LogP contribution is 2.31. The van der Waals surface area contributed by atoms with Gasteiger partial charge in [0.1, 0.15) is 0 Å². The molecular formula is C21H25NO3S. The molecule has 2 atom stereocenters. The first-order chi connectivity index (χ1) is 12.5. The number of nitrogens with zero attached hydrogens (tertiary/aromatic N) is 1. The van der Waals surface area contributed by atoms with E-state index in [4.69, 9.17) is 0 Å². The standard InChI is InChI=1S/C21H25NO3S/c1-2-19(17-9-5-3-6-10-17)21(23)22-14-13-20(26(24,25)16-15-22)18-11-7-4-8-12-18/h3-12,19-20H,2,13-16H2,1H3/t19-,20+/m0/s1. The Kier molecular flexibility index (Phi) is 5.77. The summed E-state index contributed by atoms with van der Waals surface area (Å²) in [7, 11) is -3.27. The number of carbonyl (C=O) groups is 1. The molecule has 1 heterocycles. The second-order valence-electron chi connectivity index (χ2n) is 6.75. The third kappa shape index (κ3) is 3.98. The number of hydrogen-bond donors (Lipinski definition) is 0. The molecule has 2 aromatic carbocycles. The van der Waals surface area contributed by atoms with Gasteiger partial charge in [0.25, 0.3) is 0 Å². The van der Waals surface area contributed by atoms with Gasteiger partial charge in [0.05, 0.1) is 16.9 Å². The molecule has 0 radical (unpaired) electrons. The molecule has 4 nitrogen and oxygen atoms in total. The van der Waals surface area contributed by atoms with Crippen LogP contribution in [0.4, 0.5) is 0 Å². The Morgan fingerprint density at radius 1 is 1.04 bits per heavy atom. The van der Waals surface area contributed by atoms with Crippen molar-refractivity contribution in [3.8, 4) is 0 Å². The van der Waals surface area contributed by atoms with Gasteiger partial charge >= 0.3 is 0 Å². The van der Waals surface area contributed by atoms with Crippen molar-refractivity contribution in [1.29, 1.82) is 0 Å². The molecule has 5 heteroatoms. The van der Waals surface area contributed by atoms with E-state index in [1.807, 2.05) is 67.6 Å². The fraction of sp³-hybridized carbons (Fsp3) is 0.381. The molecule has 0 spiro atoms. The zero-order chi connectivity index (χ0) is 18.6. The fourth-order valence-electron chi connectivity index (χ4n) is 3.66. The number of carbonyl (C=O) groups excluding carboxylic acids is 1. The number of benzene rings is 2. The van der Waals surface area contributed by atoms with Crippen molar-refractivity contribution in [3.05, 3.63) is 71.8 Å². The highest BCUT2D eigenvalue weighted by Gasteiger charge is 2.34. The maximum absolute atomic E-state index is 13.1. The molecule has 26 heavy (non-hydrogen) atoms. The molecular weight excluding hydrogens is 346 g/mol. The molecule has 0 saturated carbocycles. The highest BCUT2D eigenvalue weighted by atomic mass is 32.2. The van der Waals surface area contributed by atoms with Gasteiger partial charge in [-0.05, 0) is 24.0 Å². The van der Waals surface area contributed by atoms with E-state index in [9.17, 15) is 13.2 Å². The molecule has 1 aliphatic heterocycles. The lowest BCUT2D eigenvalue weighted by atomic mass is 9.95. The smallest absolute Gasteiger partial charge is 0.230 e. The minimum absolute atomic E-state index is 0.0174. The van der Waals surface area contributed by atoms with Gasteiger partial charge in [-0.25, -0.2) is 8.42 Å². The third-order valence-corrected chi connectivity index (χ3v) is 7.26. The summed E-state index contributed by atoms with van der Waals surface area (Å²) in [5.74, 6) is -0.168. The molecule has 1 amide bonds. The zero-order valence-electron chi connectivity index (χ0n) is 15.0. The van der Waals surface area contributed by atoms with E-state index in [1.165, 1.54) is 0 Å². The van der Waals surface area contributed by atoms with Crippen molar-refractivity contribution >= 4 is 15.7 Å². The minimum Gasteiger partial charge on any atom is -0.341 e. The predicted molar refractivity (Wildman–Crippen MR) is 104 cm³/mol. The van der Waals surface area contributed by atoms with Gasteiger partial charge in [-0.3, -0.25) is 4.79 Å². The monoisotopic (exact) mass is 371 g/mol. The SMILES string of the molecule is CC[C@H](C(=O)N1CC[C@H](c2ccccc2)S(=O)(=O)CC1)c1ccccc1. The highest BCUT2D eigenvalue weighted by molar-refractivity contribution is 7.91. The lowest BCUT2D eigenvalue weighted by molar-refractivity contribution is -0.132. The number of hydrogen-bond acceptors (Lipinski definition) is 3. The fourth-order valence-corrected chi connectivity index (χ4v) is 5.46. The Balaban J connectivity index is 1.80. The molecule has 1 aliphatic rings. The van der Waals surface area contributed by atoms with Gasteiger partial charge in [-0.2, -0.15) is 0 Å². The molecule has 0 unspecified atom stereocenters. The summed E-state index contributed by atoms with van der Waals surface area (Å²) in [6.07, 6.45) is 1.15. The minimum atomic E-state index is -3.27. The zero-order valence-corrected chi connectivity index (χ0v) is 15.9. The maximum Gasteiger partial charge on any atom is 0.230 e. The molecule has 0 N–H and O–H groups in total. The Labute approximate surface area is 155 Å². The van der Waals surface area contributed by atoms with E-state index in [0.29, 0.717) is 19.4 Å². The summed E-state index contributed by atoms with van der Waals surface area (Å²) in [5, 5.41) is -0.529. The van der Waals surface area contributed by atoms with Crippen LogP contribution in [0.25, 0.3) is 0 Å². The van der Waals surface area contributed by atoms with Crippen molar-refractivity contribution in [3.63, 3.8) is 0 Å². The van der Waals surface area contributed by atoms with Crippen LogP contribution in [0.3, 0.4) is 0 Å². The first kappa shape index (κ1) is 18.6. The van der Waals surface area contributed by atoms with Gasteiger partial charge in [-0.1, -0.05) is 67.6 Å². The lowest BCUT2D eigenvalue weighted by Crippen LogP contribution is -2.37. The van der Waals surface area contributed by atoms with Crippen LogP contribution in [-0.2, 0) is 14.6 Å². The van der Waals surface area contributed by atoms with Gasteiger partial charge in [0.15, 0.2) is 9.84 Å². The number of sulfone groups is 1.